The molecule has 0 aromatic heterocycles. The predicted molar refractivity (Wildman–Crippen MR) is 83.3 cm³/mol. The summed E-state index contributed by atoms with van der Waals surface area (Å²) in [5.74, 6) is 0.808. The van der Waals surface area contributed by atoms with Gasteiger partial charge in [0.25, 0.3) is 5.91 Å². The second-order valence-electron chi connectivity index (χ2n) is 4.77. The molecule has 0 radical (unpaired) electrons. The maximum atomic E-state index is 11.6. The Balaban J connectivity index is 1.65. The highest BCUT2D eigenvalue weighted by Crippen LogP contribution is 2.23. The van der Waals surface area contributed by atoms with E-state index in [2.05, 4.69) is 5.32 Å². The smallest absolute Gasteiger partial charge is 0.258 e. The molecule has 5 heteroatoms. The molecule has 0 atom stereocenters. The summed E-state index contributed by atoms with van der Waals surface area (Å²) in [7, 11) is 0. The van der Waals surface area contributed by atoms with E-state index < -0.39 is 0 Å². The molecule has 0 unspecified atom stereocenters. The van der Waals surface area contributed by atoms with Gasteiger partial charge in [-0.2, -0.15) is 0 Å². The summed E-state index contributed by atoms with van der Waals surface area (Å²) in [4.78, 5) is 11.6. The highest BCUT2D eigenvalue weighted by atomic mass is 16.5. The quantitative estimate of drug-likeness (QED) is 0.770. The lowest BCUT2D eigenvalue weighted by atomic mass is 10.2. The number of aryl methyl sites for hydroxylation is 1. The van der Waals surface area contributed by atoms with Crippen molar-refractivity contribution in [1.82, 2.24) is 5.32 Å². The van der Waals surface area contributed by atoms with Crippen molar-refractivity contribution in [1.29, 1.82) is 0 Å². The Morgan fingerprint density at radius 2 is 1.95 bits per heavy atom. The molecule has 116 valence electrons. The summed E-state index contributed by atoms with van der Waals surface area (Å²) < 4.78 is 10.8. The van der Waals surface area contributed by atoms with Crippen LogP contribution in [0.1, 0.15) is 5.56 Å². The number of para-hydroxylation sites is 2. The van der Waals surface area contributed by atoms with Crippen LogP contribution in [0.15, 0.2) is 48.5 Å². The topological polar surface area (TPSA) is 67.8 Å². The predicted octanol–water partition coefficient (Wildman–Crippen LogP) is 2.27. The van der Waals surface area contributed by atoms with Gasteiger partial charge in [0.05, 0.1) is 6.54 Å². The van der Waals surface area contributed by atoms with E-state index in [-0.39, 0.29) is 24.0 Å². The molecule has 0 bridgehead atoms. The van der Waals surface area contributed by atoms with Crippen LogP contribution in [0.2, 0.25) is 0 Å². The minimum absolute atomic E-state index is 0.0121. The van der Waals surface area contributed by atoms with Gasteiger partial charge in [-0.1, -0.05) is 24.3 Å². The molecule has 0 aliphatic rings. The zero-order valence-corrected chi connectivity index (χ0v) is 12.4. The third-order valence-electron chi connectivity index (χ3n) is 2.91. The average molecular weight is 301 g/mol. The number of aromatic hydroxyl groups is 1. The second kappa shape index (κ2) is 7.93. The van der Waals surface area contributed by atoms with Gasteiger partial charge in [0.2, 0.25) is 0 Å². The molecule has 2 aromatic carbocycles. The van der Waals surface area contributed by atoms with Crippen LogP contribution in [0.25, 0.3) is 0 Å². The van der Waals surface area contributed by atoms with Gasteiger partial charge >= 0.3 is 0 Å². The lowest BCUT2D eigenvalue weighted by Crippen LogP contribution is -2.32. The molecule has 0 saturated heterocycles. The van der Waals surface area contributed by atoms with Gasteiger partial charge < -0.3 is 19.9 Å². The van der Waals surface area contributed by atoms with Crippen LogP contribution < -0.4 is 14.8 Å². The van der Waals surface area contributed by atoms with E-state index in [9.17, 15) is 9.90 Å². The summed E-state index contributed by atoms with van der Waals surface area (Å²) in [6.07, 6.45) is 0. The highest BCUT2D eigenvalue weighted by Gasteiger charge is 2.05. The third-order valence-corrected chi connectivity index (χ3v) is 2.91. The number of phenolic OH excluding ortho intramolecular Hbond substituents is 1. The fourth-order valence-corrected chi connectivity index (χ4v) is 1.84. The van der Waals surface area contributed by atoms with Gasteiger partial charge in [-0.05, 0) is 36.8 Å². The van der Waals surface area contributed by atoms with Crippen LogP contribution in [0.5, 0.6) is 17.2 Å². The molecule has 0 saturated carbocycles. The number of rotatable bonds is 7. The first-order valence-corrected chi connectivity index (χ1v) is 7.02. The average Bonchev–Trinajstić information content (AvgIpc) is 2.51. The first-order valence-electron chi connectivity index (χ1n) is 7.02. The van der Waals surface area contributed by atoms with Gasteiger partial charge in [0.15, 0.2) is 18.1 Å². The van der Waals surface area contributed by atoms with Gasteiger partial charge in [-0.3, -0.25) is 4.79 Å². The van der Waals surface area contributed by atoms with Crippen molar-refractivity contribution in [3.63, 3.8) is 0 Å². The molecule has 22 heavy (non-hydrogen) atoms. The van der Waals surface area contributed by atoms with Crippen LogP contribution in [0, 0.1) is 6.92 Å². The molecule has 0 spiro atoms. The first-order chi connectivity index (χ1) is 10.6. The van der Waals surface area contributed by atoms with Crippen molar-refractivity contribution in [3.05, 3.63) is 54.1 Å². The van der Waals surface area contributed by atoms with Crippen molar-refractivity contribution in [2.24, 2.45) is 0 Å². The number of phenols is 1. The van der Waals surface area contributed by atoms with Crippen molar-refractivity contribution in [2.45, 2.75) is 6.92 Å². The van der Waals surface area contributed by atoms with Crippen LogP contribution in [0.4, 0.5) is 0 Å². The molecular formula is C17H19NO4. The SMILES string of the molecule is Cc1cccc(OCCNC(=O)COc2ccccc2O)c1. The number of ether oxygens (including phenoxy) is 2. The fraction of sp³-hybridized carbons (Fsp3) is 0.235. The molecule has 2 N–H and O–H groups in total. The molecule has 2 rings (SSSR count). The van der Waals surface area contributed by atoms with E-state index in [1.54, 1.807) is 18.2 Å². The van der Waals surface area contributed by atoms with Gasteiger partial charge in [-0.15, -0.1) is 0 Å². The Labute approximate surface area is 129 Å². The molecule has 1 amide bonds. The maximum absolute atomic E-state index is 11.6. The number of benzene rings is 2. The molecule has 0 aliphatic heterocycles. The minimum atomic E-state index is -0.268. The Morgan fingerprint density at radius 1 is 1.14 bits per heavy atom. The van der Waals surface area contributed by atoms with Crippen molar-refractivity contribution >= 4 is 5.91 Å². The zero-order valence-electron chi connectivity index (χ0n) is 12.4. The molecular weight excluding hydrogens is 282 g/mol. The Hall–Kier alpha value is -2.69. The molecule has 0 aliphatic carbocycles. The Morgan fingerprint density at radius 3 is 2.73 bits per heavy atom. The van der Waals surface area contributed by atoms with Crippen LogP contribution in [-0.4, -0.2) is 30.8 Å². The zero-order chi connectivity index (χ0) is 15.8. The Kier molecular flexibility index (Phi) is 5.65. The lowest BCUT2D eigenvalue weighted by molar-refractivity contribution is -0.123. The number of amides is 1. The normalized spacial score (nSPS) is 10.0. The lowest BCUT2D eigenvalue weighted by Gasteiger charge is -2.09. The van der Waals surface area contributed by atoms with E-state index in [0.29, 0.717) is 13.2 Å². The standard InChI is InChI=1S/C17H19NO4/c1-13-5-4-6-14(11-13)21-10-9-18-17(20)12-22-16-8-3-2-7-15(16)19/h2-8,11,19H,9-10,12H2,1H3,(H,18,20). The van der Waals surface area contributed by atoms with Crippen LogP contribution >= 0.6 is 0 Å². The summed E-state index contributed by atoms with van der Waals surface area (Å²) in [5.41, 5.74) is 1.12. The molecule has 2 aromatic rings. The van der Waals surface area contributed by atoms with E-state index in [1.165, 1.54) is 6.07 Å². The Bertz CT molecular complexity index is 628. The maximum Gasteiger partial charge on any atom is 0.258 e. The van der Waals surface area contributed by atoms with E-state index in [0.717, 1.165) is 11.3 Å². The van der Waals surface area contributed by atoms with Gasteiger partial charge in [-0.25, -0.2) is 0 Å². The molecule has 5 nitrogen and oxygen atoms in total. The largest absolute Gasteiger partial charge is 0.504 e. The van der Waals surface area contributed by atoms with Gasteiger partial charge in [0, 0.05) is 0 Å². The molecule has 0 fully saturated rings. The summed E-state index contributed by atoms with van der Waals surface area (Å²) in [6, 6.07) is 14.2. The second-order valence-corrected chi connectivity index (χ2v) is 4.77. The van der Waals surface area contributed by atoms with Crippen LogP contribution in [0.3, 0.4) is 0 Å². The number of hydrogen-bond donors (Lipinski definition) is 2. The monoisotopic (exact) mass is 301 g/mol. The number of nitrogens with one attached hydrogen (secondary N) is 1. The summed E-state index contributed by atoms with van der Waals surface area (Å²) in [6.45, 7) is 2.61. The number of hydrogen-bond acceptors (Lipinski definition) is 4. The number of carbonyl (C=O) groups excluding carboxylic acids is 1. The van der Waals surface area contributed by atoms with E-state index in [4.69, 9.17) is 9.47 Å². The summed E-state index contributed by atoms with van der Waals surface area (Å²) >= 11 is 0. The highest BCUT2D eigenvalue weighted by molar-refractivity contribution is 5.77. The minimum Gasteiger partial charge on any atom is -0.504 e. The van der Waals surface area contributed by atoms with Crippen molar-refractivity contribution < 1.29 is 19.4 Å². The van der Waals surface area contributed by atoms with Crippen molar-refractivity contribution in [3.8, 4) is 17.2 Å². The fourth-order valence-electron chi connectivity index (χ4n) is 1.84. The molecule has 0 heterocycles. The van der Waals surface area contributed by atoms with Crippen LogP contribution in [-0.2, 0) is 4.79 Å². The van der Waals surface area contributed by atoms with E-state index >= 15 is 0 Å². The third kappa shape index (κ3) is 5.01. The number of carbonyl (C=O) groups is 1. The summed E-state index contributed by atoms with van der Waals surface area (Å²) in [5, 5.41) is 12.2. The van der Waals surface area contributed by atoms with Crippen molar-refractivity contribution in [2.75, 3.05) is 19.8 Å². The van der Waals surface area contributed by atoms with Gasteiger partial charge in [0.1, 0.15) is 12.4 Å². The first kappa shape index (κ1) is 15.7. The van der Waals surface area contributed by atoms with E-state index in [1.807, 2.05) is 31.2 Å².